The molecule has 18 heavy (non-hydrogen) atoms. The molecular weight excluding hydrogens is 230 g/mol. The lowest BCUT2D eigenvalue weighted by Gasteiger charge is -2.21. The Labute approximate surface area is 107 Å². The summed E-state index contributed by atoms with van der Waals surface area (Å²) < 4.78 is 10.6. The maximum Gasteiger partial charge on any atom is 0.412 e. The number of rotatable bonds is 4. The van der Waals surface area contributed by atoms with E-state index in [4.69, 9.17) is 9.47 Å². The highest BCUT2D eigenvalue weighted by atomic mass is 16.7. The number of benzene rings is 1. The summed E-state index contributed by atoms with van der Waals surface area (Å²) in [6.07, 6.45) is 1.92. The van der Waals surface area contributed by atoms with Gasteiger partial charge in [0.2, 0.25) is 6.29 Å². The van der Waals surface area contributed by atoms with E-state index in [0.717, 1.165) is 31.5 Å². The average Bonchev–Trinajstić information content (AvgIpc) is 2.93. The summed E-state index contributed by atoms with van der Waals surface area (Å²) in [4.78, 5) is 13.6. The van der Waals surface area contributed by atoms with Gasteiger partial charge in [-0.3, -0.25) is 0 Å². The van der Waals surface area contributed by atoms with Crippen LogP contribution in [0.5, 0.6) is 0 Å². The molecule has 4 heteroatoms. The van der Waals surface area contributed by atoms with Gasteiger partial charge in [0.25, 0.3) is 0 Å². The molecular formula is C14H19NO3. The summed E-state index contributed by atoms with van der Waals surface area (Å²) in [5.74, 6) is 0. The zero-order valence-corrected chi connectivity index (χ0v) is 10.7. The monoisotopic (exact) mass is 249 g/mol. The summed E-state index contributed by atoms with van der Waals surface area (Å²) in [6, 6.07) is 9.88. The van der Waals surface area contributed by atoms with Crippen LogP contribution in [0.25, 0.3) is 0 Å². The second-order valence-electron chi connectivity index (χ2n) is 4.43. The molecule has 0 spiro atoms. The molecule has 1 heterocycles. The zero-order valence-electron chi connectivity index (χ0n) is 10.7. The fraction of sp³-hybridized carbons (Fsp3) is 0.500. The average molecular weight is 249 g/mol. The maximum absolute atomic E-state index is 11.8. The molecule has 98 valence electrons. The van der Waals surface area contributed by atoms with E-state index in [1.54, 1.807) is 12.0 Å². The summed E-state index contributed by atoms with van der Waals surface area (Å²) >= 11 is 0. The highest BCUT2D eigenvalue weighted by molar-refractivity contribution is 5.68. The first-order valence-corrected chi connectivity index (χ1v) is 6.32. The summed E-state index contributed by atoms with van der Waals surface area (Å²) in [6.45, 7) is 1.58. The second-order valence-corrected chi connectivity index (χ2v) is 4.43. The van der Waals surface area contributed by atoms with Crippen molar-refractivity contribution in [3.63, 3.8) is 0 Å². The molecule has 0 radical (unpaired) electrons. The Hall–Kier alpha value is -1.55. The molecule has 1 saturated heterocycles. The van der Waals surface area contributed by atoms with E-state index >= 15 is 0 Å². The Balaban J connectivity index is 1.87. The van der Waals surface area contributed by atoms with Gasteiger partial charge in [0.15, 0.2) is 0 Å². The Bertz CT molecular complexity index is 374. The van der Waals surface area contributed by atoms with Crippen molar-refractivity contribution in [3.05, 3.63) is 35.9 Å². The minimum atomic E-state index is -0.513. The van der Waals surface area contributed by atoms with Gasteiger partial charge in [0.05, 0.1) is 0 Å². The molecule has 0 bridgehead atoms. The van der Waals surface area contributed by atoms with Crippen molar-refractivity contribution in [2.45, 2.75) is 25.6 Å². The van der Waals surface area contributed by atoms with Crippen molar-refractivity contribution in [1.29, 1.82) is 0 Å². The zero-order chi connectivity index (χ0) is 12.8. The fourth-order valence-corrected chi connectivity index (χ4v) is 2.07. The van der Waals surface area contributed by atoms with Gasteiger partial charge in [-0.15, -0.1) is 0 Å². The Morgan fingerprint density at radius 2 is 1.94 bits per heavy atom. The molecule has 1 aromatic carbocycles. The number of carbonyl (C=O) groups is 1. The van der Waals surface area contributed by atoms with Gasteiger partial charge in [-0.05, 0) is 18.4 Å². The molecule has 0 N–H and O–H groups in total. The molecule has 1 aliphatic heterocycles. The molecule has 0 saturated carbocycles. The maximum atomic E-state index is 11.8. The van der Waals surface area contributed by atoms with Crippen LogP contribution in [0.4, 0.5) is 4.79 Å². The summed E-state index contributed by atoms with van der Waals surface area (Å²) in [7, 11) is 1.56. The quantitative estimate of drug-likeness (QED) is 0.769. The van der Waals surface area contributed by atoms with Gasteiger partial charge in [-0.25, -0.2) is 4.79 Å². The van der Waals surface area contributed by atoms with Crippen LogP contribution >= 0.6 is 0 Å². The molecule has 1 unspecified atom stereocenters. The van der Waals surface area contributed by atoms with Crippen LogP contribution in [0.3, 0.4) is 0 Å². The third-order valence-electron chi connectivity index (χ3n) is 3.10. The van der Waals surface area contributed by atoms with Crippen LogP contribution < -0.4 is 0 Å². The lowest BCUT2D eigenvalue weighted by atomic mass is 10.1. The Kier molecular flexibility index (Phi) is 4.59. The van der Waals surface area contributed by atoms with E-state index in [2.05, 4.69) is 0 Å². The van der Waals surface area contributed by atoms with Gasteiger partial charge < -0.3 is 14.4 Å². The van der Waals surface area contributed by atoms with Gasteiger partial charge >= 0.3 is 6.09 Å². The highest BCUT2D eigenvalue weighted by Crippen LogP contribution is 2.12. The minimum absolute atomic E-state index is 0.268. The molecule has 0 aliphatic carbocycles. The number of nitrogens with zero attached hydrogens (tertiary/aromatic N) is 1. The smallest absolute Gasteiger partial charge is 0.412 e. The molecule has 1 atom stereocenters. The minimum Gasteiger partial charge on any atom is -0.419 e. The number of ether oxygens (including phenoxy) is 2. The molecule has 0 aromatic heterocycles. The lowest BCUT2D eigenvalue weighted by Crippen LogP contribution is -2.33. The van der Waals surface area contributed by atoms with Crippen LogP contribution in [-0.2, 0) is 15.9 Å². The summed E-state index contributed by atoms with van der Waals surface area (Å²) in [5.41, 5.74) is 1.10. The van der Waals surface area contributed by atoms with E-state index in [0.29, 0.717) is 6.42 Å². The number of hydrogen-bond acceptors (Lipinski definition) is 3. The Morgan fingerprint density at radius 3 is 2.56 bits per heavy atom. The highest BCUT2D eigenvalue weighted by Gasteiger charge is 2.22. The van der Waals surface area contributed by atoms with Gasteiger partial charge in [-0.2, -0.15) is 0 Å². The van der Waals surface area contributed by atoms with Gasteiger partial charge in [-0.1, -0.05) is 30.3 Å². The topological polar surface area (TPSA) is 38.8 Å². The Morgan fingerprint density at radius 1 is 1.28 bits per heavy atom. The van der Waals surface area contributed by atoms with E-state index in [-0.39, 0.29) is 6.09 Å². The molecule has 1 aliphatic rings. The normalized spacial score (nSPS) is 16.6. The molecule has 1 aromatic rings. The third-order valence-corrected chi connectivity index (χ3v) is 3.10. The fourth-order valence-electron chi connectivity index (χ4n) is 2.07. The van der Waals surface area contributed by atoms with Crippen molar-refractivity contribution >= 4 is 6.09 Å². The first kappa shape index (κ1) is 12.9. The van der Waals surface area contributed by atoms with Gasteiger partial charge in [0.1, 0.15) is 0 Å². The lowest BCUT2D eigenvalue weighted by molar-refractivity contribution is -0.0881. The molecule has 2 rings (SSSR count). The van der Waals surface area contributed by atoms with Crippen molar-refractivity contribution in [2.24, 2.45) is 0 Å². The van der Waals surface area contributed by atoms with Crippen molar-refractivity contribution in [1.82, 2.24) is 4.90 Å². The van der Waals surface area contributed by atoms with Crippen molar-refractivity contribution in [3.8, 4) is 0 Å². The number of likely N-dealkylation sites (tertiary alicyclic amines) is 1. The van der Waals surface area contributed by atoms with Crippen molar-refractivity contribution in [2.75, 3.05) is 20.2 Å². The van der Waals surface area contributed by atoms with E-state index < -0.39 is 6.29 Å². The second kappa shape index (κ2) is 6.40. The van der Waals surface area contributed by atoms with Crippen LogP contribution in [0.15, 0.2) is 30.3 Å². The molecule has 4 nitrogen and oxygen atoms in total. The third kappa shape index (κ3) is 3.47. The number of hydrogen-bond donors (Lipinski definition) is 0. The van der Waals surface area contributed by atoms with Crippen LogP contribution in [0.2, 0.25) is 0 Å². The van der Waals surface area contributed by atoms with Crippen LogP contribution in [0, 0.1) is 0 Å². The number of methoxy groups -OCH3 is 1. The van der Waals surface area contributed by atoms with E-state index in [1.165, 1.54) is 0 Å². The molecule has 1 fully saturated rings. The number of carbonyl (C=O) groups excluding carboxylic acids is 1. The van der Waals surface area contributed by atoms with Crippen LogP contribution in [-0.4, -0.2) is 37.5 Å². The molecule has 1 amide bonds. The SMILES string of the molecule is COC(Cc1ccccc1)OC(=O)N1CCCC1. The van der Waals surface area contributed by atoms with E-state index in [1.807, 2.05) is 30.3 Å². The van der Waals surface area contributed by atoms with Crippen LogP contribution in [0.1, 0.15) is 18.4 Å². The summed E-state index contributed by atoms with van der Waals surface area (Å²) in [5, 5.41) is 0. The first-order chi connectivity index (χ1) is 8.79. The largest absolute Gasteiger partial charge is 0.419 e. The van der Waals surface area contributed by atoms with Gasteiger partial charge in [0, 0.05) is 26.6 Å². The standard InChI is InChI=1S/C14H19NO3/c1-17-13(11-12-7-3-2-4-8-12)18-14(16)15-9-5-6-10-15/h2-4,7-8,13H,5-6,9-11H2,1H3. The van der Waals surface area contributed by atoms with Crippen molar-refractivity contribution < 1.29 is 14.3 Å². The number of amides is 1. The predicted octanol–water partition coefficient (Wildman–Crippen LogP) is 2.43. The van der Waals surface area contributed by atoms with E-state index in [9.17, 15) is 4.79 Å². The predicted molar refractivity (Wildman–Crippen MR) is 68.2 cm³/mol. The first-order valence-electron chi connectivity index (χ1n) is 6.32.